The molecule has 0 aliphatic carbocycles. The lowest BCUT2D eigenvalue weighted by Gasteiger charge is -2.36. The summed E-state index contributed by atoms with van der Waals surface area (Å²) in [5.74, 6) is 0.150. The first-order valence-electron chi connectivity index (χ1n) is 9.46. The molecule has 0 radical (unpaired) electrons. The molecule has 0 bridgehead atoms. The maximum absolute atomic E-state index is 13.1. The number of hydrogen-bond acceptors (Lipinski definition) is 3. The van der Waals surface area contributed by atoms with Gasteiger partial charge in [0.05, 0.1) is 11.3 Å². The van der Waals surface area contributed by atoms with Crippen LogP contribution in [0.15, 0.2) is 48.5 Å². The van der Waals surface area contributed by atoms with Crippen molar-refractivity contribution in [1.82, 2.24) is 9.80 Å². The van der Waals surface area contributed by atoms with E-state index in [-0.39, 0.29) is 17.7 Å². The number of nitrogens with one attached hydrogen (secondary N) is 1. The van der Waals surface area contributed by atoms with Crippen molar-refractivity contribution in [3.05, 3.63) is 59.7 Å². The highest BCUT2D eigenvalue weighted by Crippen LogP contribution is 2.23. The Morgan fingerprint density at radius 2 is 1.48 bits per heavy atom. The van der Waals surface area contributed by atoms with Crippen LogP contribution in [0.4, 0.5) is 11.4 Å². The third-order valence-electron chi connectivity index (χ3n) is 4.86. The van der Waals surface area contributed by atoms with Gasteiger partial charge in [-0.1, -0.05) is 43.7 Å². The Hall–Kier alpha value is -2.82. The zero-order valence-corrected chi connectivity index (χ0v) is 16.2. The van der Waals surface area contributed by atoms with Crippen LogP contribution >= 0.6 is 0 Å². The van der Waals surface area contributed by atoms with Crippen LogP contribution in [0.25, 0.3) is 0 Å². The highest BCUT2D eigenvalue weighted by Gasteiger charge is 2.26. The average molecular weight is 365 g/mol. The Morgan fingerprint density at radius 3 is 2.11 bits per heavy atom. The Bertz CT molecular complexity index is 807. The molecule has 5 nitrogen and oxygen atoms in total. The fraction of sp³-hybridized carbons (Fsp3) is 0.364. The molecule has 1 aliphatic rings. The van der Waals surface area contributed by atoms with Crippen LogP contribution in [-0.2, 0) is 4.79 Å². The van der Waals surface area contributed by atoms with Crippen LogP contribution in [0.1, 0.15) is 29.8 Å². The molecule has 0 atom stereocenters. The van der Waals surface area contributed by atoms with Crippen molar-refractivity contribution in [2.75, 3.05) is 31.5 Å². The maximum atomic E-state index is 13.1. The predicted molar refractivity (Wildman–Crippen MR) is 108 cm³/mol. The van der Waals surface area contributed by atoms with E-state index in [0.717, 1.165) is 11.4 Å². The molecular formula is C22H27N3O2. The summed E-state index contributed by atoms with van der Waals surface area (Å²) in [6.45, 7) is 8.18. The number of carbonyl (C=O) groups excluding carboxylic acids is 2. The van der Waals surface area contributed by atoms with E-state index in [9.17, 15) is 9.59 Å². The standard InChI is InChI=1S/C22H27N3O2/c1-16(2)21(26)24-12-14-25(15-13-24)22(27)19-6-4-5-7-20(19)23-18-10-8-17(3)9-11-18/h4-11,16,23H,12-15H2,1-3H3. The number of benzene rings is 2. The Kier molecular flexibility index (Phi) is 5.79. The molecule has 1 N–H and O–H groups in total. The van der Waals surface area contributed by atoms with Gasteiger partial charge in [0.25, 0.3) is 5.91 Å². The number of piperazine rings is 1. The van der Waals surface area contributed by atoms with Gasteiger partial charge in [-0.15, -0.1) is 0 Å². The molecule has 27 heavy (non-hydrogen) atoms. The van der Waals surface area contributed by atoms with Gasteiger partial charge >= 0.3 is 0 Å². The molecule has 0 aromatic heterocycles. The second-order valence-electron chi connectivity index (χ2n) is 7.31. The number of amides is 2. The molecule has 0 unspecified atom stereocenters. The first-order valence-corrected chi connectivity index (χ1v) is 9.46. The van der Waals surface area contributed by atoms with Crippen LogP contribution < -0.4 is 5.32 Å². The molecule has 2 amide bonds. The van der Waals surface area contributed by atoms with E-state index >= 15 is 0 Å². The largest absolute Gasteiger partial charge is 0.355 e. The Morgan fingerprint density at radius 1 is 0.889 bits per heavy atom. The van der Waals surface area contributed by atoms with E-state index < -0.39 is 0 Å². The van der Waals surface area contributed by atoms with E-state index in [1.807, 2.05) is 79.1 Å². The van der Waals surface area contributed by atoms with Gasteiger partial charge in [-0.2, -0.15) is 0 Å². The van der Waals surface area contributed by atoms with Crippen LogP contribution in [0, 0.1) is 12.8 Å². The van der Waals surface area contributed by atoms with Gasteiger partial charge in [0, 0.05) is 37.8 Å². The van der Waals surface area contributed by atoms with Gasteiger partial charge in [0.1, 0.15) is 0 Å². The van der Waals surface area contributed by atoms with Crippen LogP contribution in [0.5, 0.6) is 0 Å². The molecule has 142 valence electrons. The fourth-order valence-electron chi connectivity index (χ4n) is 3.24. The molecule has 1 aliphatic heterocycles. The first-order chi connectivity index (χ1) is 13.0. The average Bonchev–Trinajstić information content (AvgIpc) is 2.69. The summed E-state index contributed by atoms with van der Waals surface area (Å²) in [6.07, 6.45) is 0. The monoisotopic (exact) mass is 365 g/mol. The summed E-state index contributed by atoms with van der Waals surface area (Å²) in [5, 5.41) is 3.35. The molecule has 3 rings (SSSR count). The SMILES string of the molecule is Cc1ccc(Nc2ccccc2C(=O)N2CCN(C(=O)C(C)C)CC2)cc1. The molecule has 0 spiro atoms. The van der Waals surface area contributed by atoms with Gasteiger partial charge in [-0.25, -0.2) is 0 Å². The zero-order valence-electron chi connectivity index (χ0n) is 16.2. The van der Waals surface area contributed by atoms with Crippen LogP contribution in [-0.4, -0.2) is 47.8 Å². The minimum atomic E-state index is -0.00770. The summed E-state index contributed by atoms with van der Waals surface area (Å²) < 4.78 is 0. The summed E-state index contributed by atoms with van der Waals surface area (Å²) in [6, 6.07) is 15.7. The Labute approximate surface area is 161 Å². The van der Waals surface area contributed by atoms with Crippen molar-refractivity contribution in [3.63, 3.8) is 0 Å². The lowest BCUT2D eigenvalue weighted by atomic mass is 10.1. The molecular weight excluding hydrogens is 338 g/mol. The van der Waals surface area contributed by atoms with Gasteiger partial charge in [-0.3, -0.25) is 9.59 Å². The van der Waals surface area contributed by atoms with E-state index in [0.29, 0.717) is 31.7 Å². The number of para-hydroxylation sites is 1. The zero-order chi connectivity index (χ0) is 19.4. The lowest BCUT2D eigenvalue weighted by Crippen LogP contribution is -2.51. The van der Waals surface area contributed by atoms with Crippen molar-refractivity contribution in [1.29, 1.82) is 0 Å². The second kappa shape index (κ2) is 8.25. The van der Waals surface area contributed by atoms with Crippen LogP contribution in [0.3, 0.4) is 0 Å². The summed E-state index contributed by atoms with van der Waals surface area (Å²) >= 11 is 0. The minimum Gasteiger partial charge on any atom is -0.355 e. The highest BCUT2D eigenvalue weighted by atomic mass is 16.2. The number of anilines is 2. The number of carbonyl (C=O) groups is 2. The van der Waals surface area contributed by atoms with E-state index in [1.165, 1.54) is 5.56 Å². The summed E-state index contributed by atoms with van der Waals surface area (Å²) in [7, 11) is 0. The molecule has 2 aromatic rings. The number of rotatable bonds is 4. The van der Waals surface area contributed by atoms with Crippen molar-refractivity contribution < 1.29 is 9.59 Å². The van der Waals surface area contributed by atoms with Gasteiger partial charge < -0.3 is 15.1 Å². The van der Waals surface area contributed by atoms with Gasteiger partial charge in [0.2, 0.25) is 5.91 Å². The van der Waals surface area contributed by atoms with Crippen molar-refractivity contribution in [3.8, 4) is 0 Å². The van der Waals surface area contributed by atoms with Crippen molar-refractivity contribution in [2.24, 2.45) is 5.92 Å². The summed E-state index contributed by atoms with van der Waals surface area (Å²) in [4.78, 5) is 28.9. The fourth-order valence-corrected chi connectivity index (χ4v) is 3.24. The molecule has 1 fully saturated rings. The van der Waals surface area contributed by atoms with E-state index in [4.69, 9.17) is 0 Å². The first kappa shape index (κ1) is 19.0. The van der Waals surface area contributed by atoms with Crippen molar-refractivity contribution in [2.45, 2.75) is 20.8 Å². The van der Waals surface area contributed by atoms with Crippen molar-refractivity contribution >= 4 is 23.2 Å². The smallest absolute Gasteiger partial charge is 0.256 e. The van der Waals surface area contributed by atoms with Crippen LogP contribution in [0.2, 0.25) is 0 Å². The topological polar surface area (TPSA) is 52.7 Å². The van der Waals surface area contributed by atoms with E-state index in [1.54, 1.807) is 0 Å². The molecule has 0 saturated carbocycles. The highest BCUT2D eigenvalue weighted by molar-refractivity contribution is 6.00. The third-order valence-corrected chi connectivity index (χ3v) is 4.86. The summed E-state index contributed by atoms with van der Waals surface area (Å²) in [5.41, 5.74) is 3.60. The quantitative estimate of drug-likeness (QED) is 0.899. The molecule has 1 heterocycles. The third kappa shape index (κ3) is 4.48. The maximum Gasteiger partial charge on any atom is 0.256 e. The van der Waals surface area contributed by atoms with E-state index in [2.05, 4.69) is 5.32 Å². The molecule has 1 saturated heterocycles. The second-order valence-corrected chi connectivity index (χ2v) is 7.31. The lowest BCUT2D eigenvalue weighted by molar-refractivity contribution is -0.135. The normalized spacial score (nSPS) is 14.4. The Balaban J connectivity index is 1.71. The van der Waals surface area contributed by atoms with Gasteiger partial charge in [0.15, 0.2) is 0 Å². The van der Waals surface area contributed by atoms with Gasteiger partial charge in [-0.05, 0) is 31.2 Å². The number of aryl methyl sites for hydroxylation is 1. The minimum absolute atomic E-state index is 0.00172. The molecule has 2 aromatic carbocycles. The molecule has 5 heteroatoms. The number of nitrogens with zero attached hydrogens (tertiary/aromatic N) is 2. The predicted octanol–water partition coefficient (Wildman–Crippen LogP) is 3.68. The number of hydrogen-bond donors (Lipinski definition) is 1.